The number of carbonyl (C=O) groups excluding carboxylic acids is 2. The van der Waals surface area contributed by atoms with Crippen molar-refractivity contribution in [3.8, 4) is 0 Å². The number of benzene rings is 2. The number of hydrogen-bond acceptors (Lipinski definition) is 5. The lowest BCUT2D eigenvalue weighted by molar-refractivity contribution is -0.384. The van der Waals surface area contributed by atoms with Crippen LogP contribution in [0.4, 0.5) is 11.4 Å². The van der Waals surface area contributed by atoms with Crippen molar-refractivity contribution >= 4 is 58.1 Å². The zero-order chi connectivity index (χ0) is 19.4. The van der Waals surface area contributed by atoms with Crippen molar-refractivity contribution in [1.82, 2.24) is 0 Å². The Bertz CT molecular complexity index is 868. The molecule has 10 heteroatoms. The molecule has 136 valence electrons. The van der Waals surface area contributed by atoms with Crippen molar-refractivity contribution < 1.29 is 19.2 Å². The molecule has 0 bridgehead atoms. The Kier molecular flexibility index (Phi) is 6.42. The molecule has 0 radical (unpaired) electrons. The Morgan fingerprint density at radius 1 is 1.12 bits per heavy atom. The first-order valence-corrected chi connectivity index (χ1v) is 8.22. The molecule has 0 aliphatic carbocycles. The number of nitro benzene ring substituents is 1. The van der Waals surface area contributed by atoms with Gasteiger partial charge in [-0.15, -0.1) is 0 Å². The largest absolute Gasteiger partial charge is 0.449 e. The second-order valence-corrected chi connectivity index (χ2v) is 6.40. The lowest BCUT2D eigenvalue weighted by Gasteiger charge is -2.14. The molecule has 0 saturated heterocycles. The van der Waals surface area contributed by atoms with Gasteiger partial charge in [-0.05, 0) is 31.2 Å². The minimum absolute atomic E-state index is 0.0206. The third-order valence-electron chi connectivity index (χ3n) is 3.17. The first-order valence-electron chi connectivity index (χ1n) is 7.09. The molecule has 2 rings (SSSR count). The number of amides is 1. The lowest BCUT2D eigenvalue weighted by Crippen LogP contribution is -2.30. The molecule has 0 saturated carbocycles. The molecule has 0 spiro atoms. The molecule has 0 aromatic heterocycles. The first kappa shape index (κ1) is 20.0. The summed E-state index contributed by atoms with van der Waals surface area (Å²) in [6.45, 7) is 1.36. The molecule has 0 aliphatic heterocycles. The van der Waals surface area contributed by atoms with Gasteiger partial charge in [0.05, 0.1) is 21.2 Å². The Balaban J connectivity index is 2.05. The van der Waals surface area contributed by atoms with Gasteiger partial charge < -0.3 is 10.1 Å². The van der Waals surface area contributed by atoms with Crippen LogP contribution in [0.5, 0.6) is 0 Å². The fourth-order valence-corrected chi connectivity index (χ4v) is 2.66. The third kappa shape index (κ3) is 5.08. The maximum Gasteiger partial charge on any atom is 0.339 e. The number of non-ortho nitro benzene ring substituents is 1. The van der Waals surface area contributed by atoms with E-state index in [1.54, 1.807) is 0 Å². The van der Waals surface area contributed by atoms with Gasteiger partial charge in [-0.2, -0.15) is 0 Å². The predicted octanol–water partition coefficient (Wildman–Crippen LogP) is 4.74. The van der Waals surface area contributed by atoms with Crippen molar-refractivity contribution in [1.29, 1.82) is 0 Å². The van der Waals surface area contributed by atoms with Crippen LogP contribution in [-0.4, -0.2) is 22.9 Å². The molecule has 2 aromatic rings. The molecular formula is C16H11Cl3N2O5. The number of rotatable bonds is 5. The molecule has 1 N–H and O–H groups in total. The van der Waals surface area contributed by atoms with Gasteiger partial charge >= 0.3 is 5.97 Å². The minimum atomic E-state index is -1.16. The van der Waals surface area contributed by atoms with E-state index in [1.165, 1.54) is 37.3 Å². The van der Waals surface area contributed by atoms with E-state index in [4.69, 9.17) is 39.5 Å². The highest BCUT2D eigenvalue weighted by Gasteiger charge is 2.21. The highest BCUT2D eigenvalue weighted by molar-refractivity contribution is 6.35. The quantitative estimate of drug-likeness (QED) is 0.430. The van der Waals surface area contributed by atoms with E-state index in [-0.39, 0.29) is 32.0 Å². The monoisotopic (exact) mass is 416 g/mol. The summed E-state index contributed by atoms with van der Waals surface area (Å²) in [5.74, 6) is -1.45. The highest BCUT2D eigenvalue weighted by atomic mass is 35.5. The third-order valence-corrected chi connectivity index (χ3v) is 3.92. The van der Waals surface area contributed by atoms with E-state index in [1.807, 2.05) is 0 Å². The zero-order valence-corrected chi connectivity index (χ0v) is 15.4. The zero-order valence-electron chi connectivity index (χ0n) is 13.2. The molecule has 7 nitrogen and oxygen atoms in total. The Morgan fingerprint density at radius 3 is 2.27 bits per heavy atom. The van der Waals surface area contributed by atoms with Gasteiger partial charge in [-0.25, -0.2) is 4.79 Å². The molecular weight excluding hydrogens is 407 g/mol. The lowest BCUT2D eigenvalue weighted by atomic mass is 10.2. The fourth-order valence-electron chi connectivity index (χ4n) is 1.91. The minimum Gasteiger partial charge on any atom is -0.449 e. The summed E-state index contributed by atoms with van der Waals surface area (Å²) in [6.07, 6.45) is -1.16. The molecule has 0 aliphatic rings. The van der Waals surface area contributed by atoms with Crippen LogP contribution in [0.3, 0.4) is 0 Å². The van der Waals surface area contributed by atoms with Gasteiger partial charge in [-0.1, -0.05) is 34.8 Å². The second kappa shape index (κ2) is 8.35. The van der Waals surface area contributed by atoms with Crippen LogP contribution in [0.1, 0.15) is 17.3 Å². The molecule has 2 aromatic carbocycles. The number of nitrogens with zero attached hydrogens (tertiary/aromatic N) is 1. The van der Waals surface area contributed by atoms with E-state index >= 15 is 0 Å². The molecule has 1 amide bonds. The number of nitro groups is 1. The maximum absolute atomic E-state index is 12.2. The van der Waals surface area contributed by atoms with Crippen LogP contribution >= 0.6 is 34.8 Å². The molecule has 26 heavy (non-hydrogen) atoms. The summed E-state index contributed by atoms with van der Waals surface area (Å²) in [6, 6.07) is 7.73. The van der Waals surface area contributed by atoms with E-state index < -0.39 is 22.9 Å². The van der Waals surface area contributed by atoms with Crippen LogP contribution in [0.2, 0.25) is 15.1 Å². The smallest absolute Gasteiger partial charge is 0.339 e. The van der Waals surface area contributed by atoms with E-state index in [0.29, 0.717) is 0 Å². The topological polar surface area (TPSA) is 98.5 Å². The van der Waals surface area contributed by atoms with Gasteiger partial charge in [0.2, 0.25) is 0 Å². The Labute approximate surface area is 162 Å². The SMILES string of the molecule is C[C@@H](OC(=O)c1cc(Cl)cc(Cl)c1)C(=O)Nc1ccc([N+](=O)[O-])cc1Cl. The van der Waals surface area contributed by atoms with E-state index in [9.17, 15) is 19.7 Å². The van der Waals surface area contributed by atoms with Crippen molar-refractivity contribution in [3.63, 3.8) is 0 Å². The Hall–Kier alpha value is -2.35. The highest BCUT2D eigenvalue weighted by Crippen LogP contribution is 2.27. The van der Waals surface area contributed by atoms with Crippen LogP contribution < -0.4 is 5.32 Å². The van der Waals surface area contributed by atoms with Crippen molar-refractivity contribution in [3.05, 3.63) is 67.1 Å². The summed E-state index contributed by atoms with van der Waals surface area (Å²) in [5, 5.41) is 13.6. The number of anilines is 1. The van der Waals surface area contributed by atoms with Crippen molar-refractivity contribution in [2.45, 2.75) is 13.0 Å². The number of esters is 1. The fraction of sp³-hybridized carbons (Fsp3) is 0.125. The van der Waals surface area contributed by atoms with E-state index in [2.05, 4.69) is 5.32 Å². The van der Waals surface area contributed by atoms with Gasteiger partial charge in [0.15, 0.2) is 6.10 Å². The summed E-state index contributed by atoms with van der Waals surface area (Å²) < 4.78 is 5.06. The van der Waals surface area contributed by atoms with Gasteiger partial charge in [0.1, 0.15) is 0 Å². The van der Waals surface area contributed by atoms with Crippen LogP contribution in [0, 0.1) is 10.1 Å². The standard InChI is InChI=1S/C16H11Cl3N2O5/c1-8(26-16(23)9-4-10(17)6-11(18)5-9)15(22)20-14-3-2-12(21(24)25)7-13(14)19/h2-8H,1H3,(H,20,22)/t8-/m1/s1. The maximum atomic E-state index is 12.2. The number of hydrogen-bond donors (Lipinski definition) is 1. The average molecular weight is 418 g/mol. The predicted molar refractivity (Wildman–Crippen MR) is 98.1 cm³/mol. The summed E-state index contributed by atoms with van der Waals surface area (Å²) in [7, 11) is 0. The molecule has 0 fully saturated rings. The van der Waals surface area contributed by atoms with E-state index in [0.717, 1.165) is 6.07 Å². The summed E-state index contributed by atoms with van der Waals surface area (Å²) in [4.78, 5) is 34.3. The first-order chi connectivity index (χ1) is 12.2. The molecule has 0 heterocycles. The molecule has 0 unspecified atom stereocenters. The van der Waals surface area contributed by atoms with Crippen LogP contribution in [0.25, 0.3) is 0 Å². The number of carbonyl (C=O) groups is 2. The Morgan fingerprint density at radius 2 is 1.73 bits per heavy atom. The molecule has 1 atom stereocenters. The number of halogens is 3. The van der Waals surface area contributed by atoms with Gasteiger partial charge in [-0.3, -0.25) is 14.9 Å². The van der Waals surface area contributed by atoms with Crippen LogP contribution in [0.15, 0.2) is 36.4 Å². The van der Waals surface area contributed by atoms with Crippen molar-refractivity contribution in [2.24, 2.45) is 0 Å². The summed E-state index contributed by atoms with van der Waals surface area (Å²) in [5.41, 5.74) is 0.0248. The normalized spacial score (nSPS) is 11.5. The van der Waals surface area contributed by atoms with Crippen molar-refractivity contribution in [2.75, 3.05) is 5.32 Å². The van der Waals surface area contributed by atoms with Gasteiger partial charge in [0, 0.05) is 22.2 Å². The van der Waals surface area contributed by atoms with Gasteiger partial charge in [0.25, 0.3) is 11.6 Å². The summed E-state index contributed by atoms with van der Waals surface area (Å²) >= 11 is 17.5. The van der Waals surface area contributed by atoms with Crippen LogP contribution in [-0.2, 0) is 9.53 Å². The number of ether oxygens (including phenoxy) is 1. The number of nitrogens with one attached hydrogen (secondary N) is 1. The second-order valence-electron chi connectivity index (χ2n) is 5.12. The average Bonchev–Trinajstić information content (AvgIpc) is 2.55.